The highest BCUT2D eigenvalue weighted by molar-refractivity contribution is 7.89. The second kappa shape index (κ2) is 6.19. The van der Waals surface area contributed by atoms with E-state index in [0.29, 0.717) is 25.5 Å². The Morgan fingerprint density at radius 3 is 2.75 bits per heavy atom. The smallest absolute Gasteiger partial charge is 0.214 e. The average Bonchev–Trinajstić information content (AvgIpc) is 2.26. The van der Waals surface area contributed by atoms with E-state index in [1.807, 2.05) is 13.8 Å². The molecular weight excluding hydrogens is 250 g/mol. The molecule has 2 atom stereocenters. The van der Waals surface area contributed by atoms with Gasteiger partial charge in [-0.05, 0) is 19.8 Å². The molecule has 1 saturated heterocycles. The molecule has 1 heterocycles. The van der Waals surface area contributed by atoms with Crippen molar-refractivity contribution < 1.29 is 13.2 Å². The summed E-state index contributed by atoms with van der Waals surface area (Å²) in [4.78, 5) is 0. The maximum absolute atomic E-state index is 12.1. The summed E-state index contributed by atoms with van der Waals surface area (Å²) in [6.07, 6.45) is 1.27. The highest BCUT2D eigenvalue weighted by Crippen LogP contribution is 2.19. The molecule has 0 bridgehead atoms. The van der Waals surface area contributed by atoms with Crippen LogP contribution in [0, 0.1) is 0 Å². The molecule has 1 aliphatic heterocycles. The Balaban J connectivity index is 2.73. The van der Waals surface area contributed by atoms with E-state index in [0.717, 1.165) is 6.42 Å². The molecule has 16 heavy (non-hydrogen) atoms. The van der Waals surface area contributed by atoms with Gasteiger partial charge in [0.05, 0.1) is 18.5 Å². The van der Waals surface area contributed by atoms with Gasteiger partial charge in [-0.3, -0.25) is 0 Å². The maximum Gasteiger partial charge on any atom is 0.214 e. The van der Waals surface area contributed by atoms with Crippen LogP contribution in [0.15, 0.2) is 0 Å². The van der Waals surface area contributed by atoms with Crippen molar-refractivity contribution in [3.63, 3.8) is 0 Å². The first kappa shape index (κ1) is 14.2. The van der Waals surface area contributed by atoms with E-state index in [9.17, 15) is 8.42 Å². The van der Waals surface area contributed by atoms with Crippen molar-refractivity contribution in [2.24, 2.45) is 0 Å². The van der Waals surface area contributed by atoms with E-state index in [4.69, 9.17) is 16.3 Å². The number of rotatable bonds is 5. The van der Waals surface area contributed by atoms with Crippen LogP contribution in [0.25, 0.3) is 0 Å². The zero-order valence-electron chi connectivity index (χ0n) is 9.86. The Bertz CT molecular complexity index is 307. The fourth-order valence-corrected chi connectivity index (χ4v) is 3.97. The van der Waals surface area contributed by atoms with E-state index in [2.05, 4.69) is 0 Å². The molecular formula is C10H20ClNO3S. The quantitative estimate of drug-likeness (QED) is 0.710. The first-order valence-electron chi connectivity index (χ1n) is 5.68. The first-order valence-corrected chi connectivity index (χ1v) is 7.82. The van der Waals surface area contributed by atoms with Crippen molar-refractivity contribution in [3.05, 3.63) is 0 Å². The summed E-state index contributed by atoms with van der Waals surface area (Å²) >= 11 is 5.54. The van der Waals surface area contributed by atoms with E-state index >= 15 is 0 Å². The lowest BCUT2D eigenvalue weighted by Crippen LogP contribution is -2.51. The van der Waals surface area contributed by atoms with Crippen molar-refractivity contribution in [3.8, 4) is 0 Å². The molecule has 1 rings (SSSR count). The van der Waals surface area contributed by atoms with Gasteiger partial charge >= 0.3 is 0 Å². The number of halogens is 1. The highest BCUT2D eigenvalue weighted by Gasteiger charge is 2.33. The third-order valence-electron chi connectivity index (χ3n) is 2.78. The van der Waals surface area contributed by atoms with E-state index < -0.39 is 10.0 Å². The summed E-state index contributed by atoms with van der Waals surface area (Å²) in [7, 11) is -3.17. The first-order chi connectivity index (χ1) is 7.51. The van der Waals surface area contributed by atoms with Gasteiger partial charge in [0, 0.05) is 18.5 Å². The van der Waals surface area contributed by atoms with Gasteiger partial charge in [0.25, 0.3) is 0 Å². The Morgan fingerprint density at radius 2 is 2.19 bits per heavy atom. The van der Waals surface area contributed by atoms with Gasteiger partial charge in [-0.1, -0.05) is 6.92 Å². The van der Waals surface area contributed by atoms with Gasteiger partial charge in [-0.2, -0.15) is 4.31 Å². The number of alkyl halides is 1. The second-order valence-electron chi connectivity index (χ2n) is 4.13. The minimum atomic E-state index is -3.17. The zero-order chi connectivity index (χ0) is 12.2. The van der Waals surface area contributed by atoms with Gasteiger partial charge < -0.3 is 4.74 Å². The van der Waals surface area contributed by atoms with Crippen LogP contribution in [0.3, 0.4) is 0 Å². The monoisotopic (exact) mass is 269 g/mol. The molecule has 0 aromatic carbocycles. The van der Waals surface area contributed by atoms with Crippen molar-refractivity contribution in [1.82, 2.24) is 4.31 Å². The summed E-state index contributed by atoms with van der Waals surface area (Å²) in [5.74, 6) is 0.523. The van der Waals surface area contributed by atoms with Crippen LogP contribution in [-0.2, 0) is 14.8 Å². The third-order valence-corrected chi connectivity index (χ3v) is 5.02. The van der Waals surface area contributed by atoms with Gasteiger partial charge in [0.2, 0.25) is 10.0 Å². The number of hydrogen-bond donors (Lipinski definition) is 0. The molecule has 0 aliphatic carbocycles. The number of sulfonamides is 1. The fourth-order valence-electron chi connectivity index (χ4n) is 1.83. The Morgan fingerprint density at radius 1 is 1.50 bits per heavy atom. The average molecular weight is 270 g/mol. The van der Waals surface area contributed by atoms with Gasteiger partial charge in [0.15, 0.2) is 0 Å². The Kier molecular flexibility index (Phi) is 5.50. The van der Waals surface area contributed by atoms with Crippen LogP contribution in [0.5, 0.6) is 0 Å². The largest absolute Gasteiger partial charge is 0.375 e. The van der Waals surface area contributed by atoms with Crippen LogP contribution < -0.4 is 0 Å². The highest BCUT2D eigenvalue weighted by atomic mass is 35.5. The molecule has 6 heteroatoms. The molecule has 96 valence electrons. The van der Waals surface area contributed by atoms with Crippen LogP contribution in [0.1, 0.15) is 26.7 Å². The molecule has 0 aromatic heterocycles. The summed E-state index contributed by atoms with van der Waals surface area (Å²) in [5, 5.41) is 0. The fraction of sp³-hybridized carbons (Fsp3) is 1.00. The van der Waals surface area contributed by atoms with Crippen LogP contribution in [0.4, 0.5) is 0 Å². The van der Waals surface area contributed by atoms with Crippen molar-refractivity contribution >= 4 is 21.6 Å². The predicted octanol–water partition coefficient (Wildman–Crippen LogP) is 1.44. The molecule has 0 aromatic rings. The lowest BCUT2D eigenvalue weighted by Gasteiger charge is -2.37. The Hall–Kier alpha value is 0.160. The van der Waals surface area contributed by atoms with E-state index in [-0.39, 0.29) is 17.9 Å². The summed E-state index contributed by atoms with van der Waals surface area (Å²) in [6, 6.07) is -0.0171. The molecule has 0 spiro atoms. The molecule has 4 nitrogen and oxygen atoms in total. The zero-order valence-corrected chi connectivity index (χ0v) is 11.4. The van der Waals surface area contributed by atoms with Crippen LogP contribution >= 0.6 is 11.6 Å². The van der Waals surface area contributed by atoms with Crippen molar-refractivity contribution in [1.29, 1.82) is 0 Å². The molecule has 0 radical (unpaired) electrons. The minimum absolute atomic E-state index is 0.0171. The molecule has 2 unspecified atom stereocenters. The minimum Gasteiger partial charge on any atom is -0.375 e. The predicted molar refractivity (Wildman–Crippen MR) is 65.3 cm³/mol. The maximum atomic E-state index is 12.1. The van der Waals surface area contributed by atoms with Gasteiger partial charge in [0.1, 0.15) is 0 Å². The molecule has 0 N–H and O–H groups in total. The number of morpholine rings is 1. The van der Waals surface area contributed by atoms with Crippen molar-refractivity contribution in [2.45, 2.75) is 38.8 Å². The van der Waals surface area contributed by atoms with Crippen LogP contribution in [-0.4, -0.2) is 49.7 Å². The lowest BCUT2D eigenvalue weighted by atomic mass is 10.2. The molecule has 1 aliphatic rings. The van der Waals surface area contributed by atoms with E-state index in [1.54, 1.807) is 4.31 Å². The number of ether oxygens (including phenoxy) is 1. The van der Waals surface area contributed by atoms with Gasteiger partial charge in [-0.25, -0.2) is 8.42 Å². The molecule has 0 amide bonds. The normalized spacial score (nSPS) is 28.2. The summed E-state index contributed by atoms with van der Waals surface area (Å²) in [6.45, 7) is 4.84. The van der Waals surface area contributed by atoms with E-state index in [1.165, 1.54) is 0 Å². The Labute approximate surface area is 103 Å². The van der Waals surface area contributed by atoms with Crippen molar-refractivity contribution in [2.75, 3.05) is 24.8 Å². The molecule has 1 fully saturated rings. The summed E-state index contributed by atoms with van der Waals surface area (Å²) in [5.41, 5.74) is 0. The number of hydrogen-bond acceptors (Lipinski definition) is 3. The lowest BCUT2D eigenvalue weighted by molar-refractivity contribution is -0.0230. The number of nitrogens with zero attached hydrogens (tertiary/aromatic N) is 1. The molecule has 0 saturated carbocycles. The second-order valence-corrected chi connectivity index (χ2v) is 6.55. The SMILES string of the molecule is CCC1COC(C)CN1S(=O)(=O)CCCCl. The summed E-state index contributed by atoms with van der Waals surface area (Å²) < 4.78 is 31.2. The topological polar surface area (TPSA) is 46.6 Å². The van der Waals surface area contributed by atoms with Crippen LogP contribution in [0.2, 0.25) is 0 Å². The standard InChI is InChI=1S/C10H20ClNO3S/c1-3-10-8-15-9(2)7-12(10)16(13,14)6-4-5-11/h9-10H,3-8H2,1-2H3. The third kappa shape index (κ3) is 3.58. The van der Waals surface area contributed by atoms with Gasteiger partial charge in [-0.15, -0.1) is 11.6 Å².